The number of anilines is 1. The van der Waals surface area contributed by atoms with E-state index in [0.717, 1.165) is 5.69 Å². The van der Waals surface area contributed by atoms with Crippen molar-refractivity contribution in [3.05, 3.63) is 30.3 Å². The van der Waals surface area contributed by atoms with Crippen molar-refractivity contribution in [1.82, 2.24) is 0 Å². The quantitative estimate of drug-likeness (QED) is 0.671. The van der Waals surface area contributed by atoms with Crippen LogP contribution in [0, 0.1) is 0 Å². The van der Waals surface area contributed by atoms with Crippen molar-refractivity contribution < 1.29 is 4.79 Å². The molecule has 0 bridgehead atoms. The highest BCUT2D eigenvalue weighted by molar-refractivity contribution is 7.81. The van der Waals surface area contributed by atoms with E-state index in [4.69, 9.17) is 0 Å². The molecule has 0 fully saturated rings. The summed E-state index contributed by atoms with van der Waals surface area (Å²) in [7, 11) is 0. The van der Waals surface area contributed by atoms with Crippen LogP contribution < -0.4 is 5.32 Å². The fourth-order valence-corrected chi connectivity index (χ4v) is 0.833. The Hall–Kier alpha value is -0.960. The summed E-state index contributed by atoms with van der Waals surface area (Å²) in [4.78, 5) is 11.1. The van der Waals surface area contributed by atoms with Gasteiger partial charge >= 0.3 is 0 Å². The molecule has 3 heteroatoms. The van der Waals surface area contributed by atoms with Crippen molar-refractivity contribution in [2.24, 2.45) is 0 Å². The van der Waals surface area contributed by atoms with E-state index in [-0.39, 0.29) is 11.2 Å². The second kappa shape index (κ2) is 4.16. The second-order valence-corrected chi connectivity index (χ2v) is 3.31. The Kier molecular flexibility index (Phi) is 3.17. The minimum absolute atomic E-state index is 0.0791. The first kappa shape index (κ1) is 9.13. The monoisotopic (exact) mass is 181 g/mol. The average Bonchev–Trinajstić information content (AvgIpc) is 2.06. The minimum Gasteiger partial charge on any atom is -0.325 e. The lowest BCUT2D eigenvalue weighted by atomic mass is 10.3. The SMILES string of the molecule is CC(S)C(=O)Nc1ccccc1. The standard InChI is InChI=1S/C9H11NOS/c1-7(12)9(11)10-8-5-3-2-4-6-8/h2-7,12H,1H3,(H,10,11). The van der Waals surface area contributed by atoms with Crippen LogP contribution in [0.5, 0.6) is 0 Å². The van der Waals surface area contributed by atoms with Gasteiger partial charge in [-0.3, -0.25) is 4.79 Å². The normalized spacial score (nSPS) is 12.2. The Balaban J connectivity index is 2.59. The lowest BCUT2D eigenvalue weighted by Gasteiger charge is -2.05. The van der Waals surface area contributed by atoms with Crippen molar-refractivity contribution in [3.8, 4) is 0 Å². The Morgan fingerprint density at radius 3 is 2.50 bits per heavy atom. The molecule has 0 aromatic heterocycles. The van der Waals surface area contributed by atoms with Gasteiger partial charge in [-0.05, 0) is 19.1 Å². The van der Waals surface area contributed by atoms with E-state index >= 15 is 0 Å². The number of hydrogen-bond acceptors (Lipinski definition) is 2. The summed E-state index contributed by atoms with van der Waals surface area (Å²) in [6, 6.07) is 9.33. The number of carbonyl (C=O) groups is 1. The third kappa shape index (κ3) is 2.58. The van der Waals surface area contributed by atoms with Crippen LogP contribution in [0.15, 0.2) is 30.3 Å². The molecule has 1 N–H and O–H groups in total. The highest BCUT2D eigenvalue weighted by Gasteiger charge is 2.06. The van der Waals surface area contributed by atoms with E-state index in [9.17, 15) is 4.79 Å². The zero-order valence-electron chi connectivity index (χ0n) is 6.82. The van der Waals surface area contributed by atoms with Crippen LogP contribution >= 0.6 is 12.6 Å². The molecule has 1 rings (SSSR count). The predicted octanol–water partition coefficient (Wildman–Crippen LogP) is 1.94. The Labute approximate surface area is 77.4 Å². The van der Waals surface area contributed by atoms with Crippen LogP contribution in [0.1, 0.15) is 6.92 Å². The fraction of sp³-hybridized carbons (Fsp3) is 0.222. The van der Waals surface area contributed by atoms with Gasteiger partial charge in [-0.15, -0.1) is 0 Å². The zero-order chi connectivity index (χ0) is 8.97. The van der Waals surface area contributed by atoms with Crippen LogP contribution in [0.4, 0.5) is 5.69 Å². The predicted molar refractivity (Wildman–Crippen MR) is 53.5 cm³/mol. The van der Waals surface area contributed by atoms with E-state index in [2.05, 4.69) is 17.9 Å². The average molecular weight is 181 g/mol. The first-order chi connectivity index (χ1) is 5.70. The zero-order valence-corrected chi connectivity index (χ0v) is 7.71. The molecule has 12 heavy (non-hydrogen) atoms. The molecule has 0 aliphatic carbocycles. The van der Waals surface area contributed by atoms with E-state index in [1.54, 1.807) is 6.92 Å². The van der Waals surface area contributed by atoms with Crippen LogP contribution in [-0.4, -0.2) is 11.2 Å². The maximum absolute atomic E-state index is 11.1. The highest BCUT2D eigenvalue weighted by atomic mass is 32.1. The van der Waals surface area contributed by atoms with Gasteiger partial charge in [0.2, 0.25) is 5.91 Å². The Bertz CT molecular complexity index is 258. The molecule has 1 aromatic rings. The third-order valence-electron chi connectivity index (χ3n) is 1.42. The summed E-state index contributed by atoms with van der Waals surface area (Å²) in [5.41, 5.74) is 0.809. The van der Waals surface area contributed by atoms with Crippen LogP contribution in [0.25, 0.3) is 0 Å². The van der Waals surface area contributed by atoms with Crippen LogP contribution in [0.2, 0.25) is 0 Å². The summed E-state index contributed by atoms with van der Waals surface area (Å²) < 4.78 is 0. The lowest BCUT2D eigenvalue weighted by Crippen LogP contribution is -2.20. The van der Waals surface area contributed by atoms with E-state index in [1.165, 1.54) is 0 Å². The largest absolute Gasteiger partial charge is 0.325 e. The van der Waals surface area contributed by atoms with Crippen molar-refractivity contribution in [2.75, 3.05) is 5.32 Å². The summed E-state index contributed by atoms with van der Waals surface area (Å²) in [5, 5.41) is 2.45. The van der Waals surface area contributed by atoms with Crippen molar-refractivity contribution in [3.63, 3.8) is 0 Å². The van der Waals surface area contributed by atoms with Gasteiger partial charge in [0.1, 0.15) is 0 Å². The molecule has 0 radical (unpaired) electrons. The van der Waals surface area contributed by atoms with Crippen molar-refractivity contribution >= 4 is 24.2 Å². The molecule has 0 saturated heterocycles. The highest BCUT2D eigenvalue weighted by Crippen LogP contribution is 2.06. The molecule has 2 nitrogen and oxygen atoms in total. The summed E-state index contributed by atoms with van der Waals surface area (Å²) in [6.07, 6.45) is 0. The minimum atomic E-state index is -0.273. The number of thiol groups is 1. The maximum atomic E-state index is 11.1. The number of amides is 1. The number of carbonyl (C=O) groups excluding carboxylic acids is 1. The Morgan fingerprint density at radius 1 is 1.42 bits per heavy atom. The van der Waals surface area contributed by atoms with Gasteiger partial charge in [0.05, 0.1) is 5.25 Å². The first-order valence-corrected chi connectivity index (χ1v) is 4.26. The lowest BCUT2D eigenvalue weighted by molar-refractivity contribution is -0.115. The molecular weight excluding hydrogens is 170 g/mol. The maximum Gasteiger partial charge on any atom is 0.236 e. The summed E-state index contributed by atoms with van der Waals surface area (Å²) in [5.74, 6) is -0.0791. The number of rotatable bonds is 2. The van der Waals surface area contributed by atoms with Gasteiger partial charge in [-0.25, -0.2) is 0 Å². The number of benzene rings is 1. The van der Waals surface area contributed by atoms with Gasteiger partial charge < -0.3 is 5.32 Å². The molecule has 0 heterocycles. The van der Waals surface area contributed by atoms with E-state index < -0.39 is 0 Å². The van der Waals surface area contributed by atoms with E-state index in [1.807, 2.05) is 30.3 Å². The fourth-order valence-electron chi connectivity index (χ4n) is 0.768. The number of hydrogen-bond donors (Lipinski definition) is 2. The molecule has 0 spiro atoms. The third-order valence-corrected chi connectivity index (χ3v) is 1.66. The van der Waals surface area contributed by atoms with Gasteiger partial charge in [0, 0.05) is 5.69 Å². The van der Waals surface area contributed by atoms with Gasteiger partial charge in [-0.1, -0.05) is 18.2 Å². The van der Waals surface area contributed by atoms with Crippen LogP contribution in [0.3, 0.4) is 0 Å². The molecule has 1 unspecified atom stereocenters. The summed E-state index contributed by atoms with van der Waals surface area (Å²) >= 11 is 4.01. The van der Waals surface area contributed by atoms with E-state index in [0.29, 0.717) is 0 Å². The molecular formula is C9H11NOS. The first-order valence-electron chi connectivity index (χ1n) is 3.74. The molecule has 1 aromatic carbocycles. The number of nitrogens with one attached hydrogen (secondary N) is 1. The van der Waals surface area contributed by atoms with Crippen molar-refractivity contribution in [2.45, 2.75) is 12.2 Å². The topological polar surface area (TPSA) is 29.1 Å². The molecule has 0 aliphatic heterocycles. The molecule has 0 saturated carbocycles. The summed E-state index contributed by atoms with van der Waals surface area (Å²) in [6.45, 7) is 1.74. The van der Waals surface area contributed by atoms with Gasteiger partial charge in [-0.2, -0.15) is 12.6 Å². The van der Waals surface area contributed by atoms with Crippen LogP contribution in [-0.2, 0) is 4.79 Å². The Morgan fingerprint density at radius 2 is 2.00 bits per heavy atom. The van der Waals surface area contributed by atoms with Gasteiger partial charge in [0.25, 0.3) is 0 Å². The molecule has 0 aliphatic rings. The van der Waals surface area contributed by atoms with Gasteiger partial charge in [0.15, 0.2) is 0 Å². The molecule has 1 amide bonds. The smallest absolute Gasteiger partial charge is 0.236 e. The van der Waals surface area contributed by atoms with Crippen molar-refractivity contribution in [1.29, 1.82) is 0 Å². The molecule has 64 valence electrons. The number of para-hydroxylation sites is 1. The second-order valence-electron chi connectivity index (χ2n) is 2.53. The molecule has 1 atom stereocenters.